The molecular formula is C67H70N4O. The summed E-state index contributed by atoms with van der Waals surface area (Å²) in [6.07, 6.45) is 1.95. The Morgan fingerprint density at radius 3 is 1.49 bits per heavy atom. The largest absolute Gasteiger partial charge is 0.457 e. The third-order valence-electron chi connectivity index (χ3n) is 15.4. The zero-order chi connectivity index (χ0) is 50.8. The fourth-order valence-electron chi connectivity index (χ4n) is 10.9. The van der Waals surface area contributed by atoms with E-state index in [4.69, 9.17) is 9.72 Å². The summed E-state index contributed by atoms with van der Waals surface area (Å²) in [7, 11) is 0. The number of aromatic nitrogens is 2. The predicted octanol–water partition coefficient (Wildman–Crippen LogP) is 17.3. The molecule has 0 spiro atoms. The molecule has 72 heavy (non-hydrogen) atoms. The molecule has 7 aromatic carbocycles. The van der Waals surface area contributed by atoms with Crippen LogP contribution in [0.1, 0.15) is 116 Å². The van der Waals surface area contributed by atoms with Crippen LogP contribution in [0.5, 0.6) is 11.5 Å². The van der Waals surface area contributed by atoms with Gasteiger partial charge in [-0.05, 0) is 98.8 Å². The number of hydrogen-bond donors (Lipinski definition) is 0. The van der Waals surface area contributed by atoms with Crippen LogP contribution in [0.4, 0.5) is 11.4 Å². The Balaban J connectivity index is 1.15. The summed E-state index contributed by atoms with van der Waals surface area (Å²) in [5.74, 6) is 2.42. The highest BCUT2D eigenvalue weighted by atomic mass is 16.5. The number of anilines is 2. The van der Waals surface area contributed by atoms with Gasteiger partial charge >= 0.3 is 0 Å². The molecule has 0 N–H and O–H groups in total. The molecule has 0 unspecified atom stereocenters. The second kappa shape index (κ2) is 18.0. The van der Waals surface area contributed by atoms with Crippen LogP contribution < -0.4 is 14.5 Å². The van der Waals surface area contributed by atoms with E-state index >= 15 is 0 Å². The number of allylic oxidation sites excluding steroid dienone is 2. The van der Waals surface area contributed by atoms with E-state index in [1.807, 2.05) is 6.20 Å². The Hall–Kier alpha value is -7.37. The van der Waals surface area contributed by atoms with Gasteiger partial charge in [-0.25, -0.2) is 4.98 Å². The molecular weight excluding hydrogens is 877 g/mol. The van der Waals surface area contributed by atoms with Gasteiger partial charge in [-0.15, -0.1) is 0 Å². The second-order valence-corrected chi connectivity index (χ2v) is 23.5. The van der Waals surface area contributed by atoms with Gasteiger partial charge in [-0.3, -0.25) is 4.57 Å². The van der Waals surface area contributed by atoms with Crippen molar-refractivity contribution in [3.05, 3.63) is 239 Å². The normalized spacial score (nSPS) is 13.9. The fraction of sp³-hybridized carbons (Fsp3) is 0.269. The Labute approximate surface area is 428 Å². The summed E-state index contributed by atoms with van der Waals surface area (Å²) < 4.78 is 9.49. The number of fused-ring (bicyclic) bond motifs is 3. The van der Waals surface area contributed by atoms with E-state index in [0.717, 1.165) is 39.4 Å². The maximum absolute atomic E-state index is 7.19. The fourth-order valence-corrected chi connectivity index (χ4v) is 10.9. The number of rotatable bonds is 11. The molecule has 0 radical (unpaired) electrons. The monoisotopic (exact) mass is 947 g/mol. The minimum Gasteiger partial charge on any atom is -0.457 e. The van der Waals surface area contributed by atoms with Gasteiger partial charge in [0.1, 0.15) is 17.3 Å². The molecule has 1 aliphatic heterocycles. The number of benzene rings is 7. The summed E-state index contributed by atoms with van der Waals surface area (Å²) in [4.78, 5) is 10.2. The van der Waals surface area contributed by atoms with Crippen LogP contribution in [0.2, 0.25) is 0 Å². The summed E-state index contributed by atoms with van der Waals surface area (Å²) >= 11 is 0. The first-order valence-electron chi connectivity index (χ1n) is 25.6. The lowest BCUT2D eigenvalue weighted by atomic mass is 9.73. The number of hydrogen-bond acceptors (Lipinski definition) is 4. The lowest BCUT2D eigenvalue weighted by Crippen LogP contribution is -2.35. The first kappa shape index (κ1) is 48.3. The van der Waals surface area contributed by atoms with Gasteiger partial charge in [0.15, 0.2) is 0 Å². The molecule has 0 saturated carbocycles. The van der Waals surface area contributed by atoms with Gasteiger partial charge < -0.3 is 14.5 Å². The molecule has 3 heterocycles. The summed E-state index contributed by atoms with van der Waals surface area (Å²) in [6, 6.07) is 68.4. The molecule has 5 nitrogen and oxygen atoms in total. The molecule has 0 saturated heterocycles. The van der Waals surface area contributed by atoms with Gasteiger partial charge in [-0.2, -0.15) is 0 Å². The SMILES string of the molecule is CC(C)(C)c1cccc(N2CN(c3cc(Oc4ccc5c6ccccc6n(-c6cc(C(C)(C)c7ccccc7)ccn6)c5c4)cc(C(C)(C)C)c3)C(C(C)(C)c3ccccc3)=C2C(C)(C)c2ccccc2)c1. The average molecular weight is 947 g/mol. The highest BCUT2D eigenvalue weighted by molar-refractivity contribution is 6.09. The zero-order valence-corrected chi connectivity index (χ0v) is 44.4. The third kappa shape index (κ3) is 8.78. The van der Waals surface area contributed by atoms with Crippen LogP contribution in [-0.4, -0.2) is 16.2 Å². The molecule has 10 rings (SSSR count). The molecule has 9 aromatic rings. The number of ether oxygens (including phenoxy) is 1. The summed E-state index contributed by atoms with van der Waals surface area (Å²) in [5.41, 5.74) is 13.2. The molecule has 0 atom stereocenters. The summed E-state index contributed by atoms with van der Waals surface area (Å²) in [6.45, 7) is 28.6. The Morgan fingerprint density at radius 1 is 0.375 bits per heavy atom. The van der Waals surface area contributed by atoms with E-state index < -0.39 is 10.8 Å². The topological polar surface area (TPSA) is 33.5 Å². The molecule has 2 aromatic heterocycles. The third-order valence-corrected chi connectivity index (χ3v) is 15.4. The van der Waals surface area contributed by atoms with E-state index in [-0.39, 0.29) is 16.2 Å². The highest BCUT2D eigenvalue weighted by Crippen LogP contribution is 2.51. The first-order valence-corrected chi connectivity index (χ1v) is 25.6. The van der Waals surface area contributed by atoms with Crippen molar-refractivity contribution in [3.8, 4) is 17.3 Å². The smallest absolute Gasteiger partial charge is 0.137 e. The number of para-hydroxylation sites is 1. The number of nitrogens with zero attached hydrogens (tertiary/aromatic N) is 4. The van der Waals surface area contributed by atoms with Crippen LogP contribution in [-0.2, 0) is 27.1 Å². The van der Waals surface area contributed by atoms with Crippen LogP contribution in [0.25, 0.3) is 27.6 Å². The molecule has 0 bridgehead atoms. The van der Waals surface area contributed by atoms with Crippen molar-refractivity contribution in [3.63, 3.8) is 0 Å². The Bertz CT molecular complexity index is 3460. The van der Waals surface area contributed by atoms with Gasteiger partial charge in [0, 0.05) is 56.7 Å². The lowest BCUT2D eigenvalue weighted by molar-refractivity contribution is 0.479. The molecule has 5 heteroatoms. The van der Waals surface area contributed by atoms with Crippen molar-refractivity contribution in [1.29, 1.82) is 0 Å². The molecule has 0 fully saturated rings. The van der Waals surface area contributed by atoms with Crippen LogP contribution >= 0.6 is 0 Å². The molecule has 1 aliphatic rings. The van der Waals surface area contributed by atoms with Crippen LogP contribution in [0, 0.1) is 0 Å². The number of pyridine rings is 1. The van der Waals surface area contributed by atoms with Crippen molar-refractivity contribution in [1.82, 2.24) is 9.55 Å². The van der Waals surface area contributed by atoms with Crippen molar-refractivity contribution in [2.24, 2.45) is 0 Å². The van der Waals surface area contributed by atoms with Gasteiger partial charge in [0.25, 0.3) is 0 Å². The Morgan fingerprint density at radius 2 is 0.889 bits per heavy atom. The van der Waals surface area contributed by atoms with Crippen molar-refractivity contribution < 1.29 is 4.74 Å². The minimum atomic E-state index is -0.419. The van der Waals surface area contributed by atoms with Crippen LogP contribution in [0.15, 0.2) is 206 Å². The second-order valence-electron chi connectivity index (χ2n) is 23.5. The van der Waals surface area contributed by atoms with E-state index in [2.05, 4.69) is 286 Å². The molecule has 0 amide bonds. The highest BCUT2D eigenvalue weighted by Gasteiger charge is 2.46. The molecule has 364 valence electrons. The predicted molar refractivity (Wildman–Crippen MR) is 303 cm³/mol. The molecule has 0 aliphatic carbocycles. The van der Waals surface area contributed by atoms with E-state index in [0.29, 0.717) is 6.67 Å². The van der Waals surface area contributed by atoms with E-state index in [1.165, 1.54) is 55.8 Å². The first-order chi connectivity index (χ1) is 34.2. The van der Waals surface area contributed by atoms with E-state index in [1.54, 1.807) is 0 Å². The van der Waals surface area contributed by atoms with Crippen molar-refractivity contribution >= 4 is 33.2 Å². The van der Waals surface area contributed by atoms with Gasteiger partial charge in [-0.1, -0.05) is 204 Å². The zero-order valence-electron chi connectivity index (χ0n) is 44.4. The van der Waals surface area contributed by atoms with Crippen LogP contribution in [0.3, 0.4) is 0 Å². The van der Waals surface area contributed by atoms with Crippen molar-refractivity contribution in [2.45, 2.75) is 110 Å². The quantitative estimate of drug-likeness (QED) is 0.129. The lowest BCUT2D eigenvalue weighted by Gasteiger charge is -2.38. The van der Waals surface area contributed by atoms with Crippen molar-refractivity contribution in [2.75, 3.05) is 16.5 Å². The maximum atomic E-state index is 7.19. The Kier molecular flexibility index (Phi) is 12.1. The average Bonchev–Trinajstić information content (AvgIpc) is 3.95. The van der Waals surface area contributed by atoms with Gasteiger partial charge in [0.2, 0.25) is 0 Å². The minimum absolute atomic E-state index is 0.0229. The standard InChI is InChI=1S/C67H70N4O/c1-63(2,3)49-31-24-32-52(39-49)69-45-70(62(67(11,12)48-29-20-15-21-30-48)61(69)66(9,10)47-27-18-14-19-28-47)53-40-51(64(4,5)6)41-55(43-53)72-54-35-36-57-56-33-22-23-34-58(56)71(59(57)44-54)60-42-50(37-38-68-60)65(7,8)46-25-16-13-17-26-46/h13-44H,45H2,1-12H3. The summed E-state index contributed by atoms with van der Waals surface area (Å²) in [5, 5.41) is 2.32. The van der Waals surface area contributed by atoms with Gasteiger partial charge in [0.05, 0.1) is 29.1 Å². The maximum Gasteiger partial charge on any atom is 0.137 e. The van der Waals surface area contributed by atoms with E-state index in [9.17, 15) is 0 Å².